The Bertz CT molecular complexity index is 347. The van der Waals surface area contributed by atoms with Crippen LogP contribution in [-0.2, 0) is 0 Å². The third kappa shape index (κ3) is 3.20. The summed E-state index contributed by atoms with van der Waals surface area (Å²) in [5.74, 6) is 0. The molecule has 2 N–H and O–H groups in total. The second-order valence-electron chi connectivity index (χ2n) is 5.04. The van der Waals surface area contributed by atoms with Crippen LogP contribution in [0, 0.1) is 0 Å². The fraction of sp³-hybridized carbons (Fsp3) is 0.571. The average molecular weight is 233 g/mol. The number of hydrogen-bond donors (Lipinski definition) is 1. The molecule has 1 unspecified atom stereocenters. The van der Waals surface area contributed by atoms with Crippen LogP contribution in [0.1, 0.15) is 24.9 Å². The van der Waals surface area contributed by atoms with Gasteiger partial charge in [0.1, 0.15) is 0 Å². The number of anilines is 1. The van der Waals surface area contributed by atoms with E-state index in [0.29, 0.717) is 6.04 Å². The van der Waals surface area contributed by atoms with Crippen molar-refractivity contribution in [2.24, 2.45) is 0 Å². The van der Waals surface area contributed by atoms with E-state index in [4.69, 9.17) is 5.73 Å². The van der Waals surface area contributed by atoms with E-state index in [1.54, 1.807) is 0 Å². The van der Waals surface area contributed by atoms with E-state index in [1.165, 1.54) is 31.6 Å². The van der Waals surface area contributed by atoms with Crippen LogP contribution in [-0.4, -0.2) is 43.0 Å². The number of likely N-dealkylation sites (N-methyl/N-ethyl adjacent to an activating group) is 1. The summed E-state index contributed by atoms with van der Waals surface area (Å²) in [6, 6.07) is 8.77. The molecule has 1 fully saturated rings. The van der Waals surface area contributed by atoms with Gasteiger partial charge in [-0.05, 0) is 44.6 Å². The lowest BCUT2D eigenvalue weighted by molar-refractivity contribution is 0.217. The lowest BCUT2D eigenvalue weighted by atomic mass is 10.1. The fourth-order valence-corrected chi connectivity index (χ4v) is 2.44. The second-order valence-corrected chi connectivity index (χ2v) is 5.04. The van der Waals surface area contributed by atoms with Crippen LogP contribution < -0.4 is 5.73 Å². The van der Waals surface area contributed by atoms with Gasteiger partial charge in [0.15, 0.2) is 0 Å². The Morgan fingerprint density at radius 1 is 1.06 bits per heavy atom. The molecule has 1 aromatic rings. The van der Waals surface area contributed by atoms with Crippen molar-refractivity contribution >= 4 is 5.69 Å². The Labute approximate surface area is 104 Å². The van der Waals surface area contributed by atoms with Gasteiger partial charge in [-0.3, -0.25) is 4.90 Å². The number of nitrogen functional groups attached to an aromatic ring is 1. The second kappa shape index (κ2) is 5.52. The minimum atomic E-state index is 0.488. The van der Waals surface area contributed by atoms with Gasteiger partial charge in [0.25, 0.3) is 0 Å². The van der Waals surface area contributed by atoms with E-state index in [0.717, 1.165) is 12.2 Å². The Hall–Kier alpha value is -1.06. The number of benzene rings is 1. The summed E-state index contributed by atoms with van der Waals surface area (Å²) in [4.78, 5) is 4.98. The maximum absolute atomic E-state index is 5.73. The van der Waals surface area contributed by atoms with E-state index in [2.05, 4.69) is 35.9 Å². The van der Waals surface area contributed by atoms with E-state index >= 15 is 0 Å². The van der Waals surface area contributed by atoms with E-state index in [-0.39, 0.29) is 0 Å². The molecule has 3 nitrogen and oxygen atoms in total. The molecule has 1 aliphatic heterocycles. The van der Waals surface area contributed by atoms with Crippen LogP contribution in [0.15, 0.2) is 24.3 Å². The SMILES string of the molecule is CC(c1ccc(N)cc1)N1CCCN(C)CC1. The van der Waals surface area contributed by atoms with Gasteiger partial charge >= 0.3 is 0 Å². The fourth-order valence-electron chi connectivity index (χ4n) is 2.44. The van der Waals surface area contributed by atoms with Gasteiger partial charge in [-0.1, -0.05) is 12.1 Å². The predicted octanol–water partition coefficient (Wildman–Crippen LogP) is 1.97. The van der Waals surface area contributed by atoms with Crippen LogP contribution >= 0.6 is 0 Å². The highest BCUT2D eigenvalue weighted by molar-refractivity contribution is 5.40. The van der Waals surface area contributed by atoms with Crippen LogP contribution in [0.5, 0.6) is 0 Å². The normalized spacial score (nSPS) is 21.1. The third-order valence-corrected chi connectivity index (χ3v) is 3.72. The molecule has 0 aromatic heterocycles. The first-order valence-electron chi connectivity index (χ1n) is 6.45. The Kier molecular flexibility index (Phi) is 4.02. The molecule has 1 atom stereocenters. The van der Waals surface area contributed by atoms with Crippen LogP contribution in [0.25, 0.3) is 0 Å². The van der Waals surface area contributed by atoms with Crippen LogP contribution in [0.3, 0.4) is 0 Å². The quantitative estimate of drug-likeness (QED) is 0.793. The summed E-state index contributed by atoms with van der Waals surface area (Å²) in [5.41, 5.74) is 7.94. The summed E-state index contributed by atoms with van der Waals surface area (Å²) < 4.78 is 0. The van der Waals surface area contributed by atoms with Crippen molar-refractivity contribution in [2.75, 3.05) is 39.0 Å². The molecule has 17 heavy (non-hydrogen) atoms. The molecular formula is C14H23N3. The van der Waals surface area contributed by atoms with Gasteiger partial charge in [-0.25, -0.2) is 0 Å². The standard InChI is InChI=1S/C14H23N3/c1-12(13-4-6-14(15)7-5-13)17-9-3-8-16(2)10-11-17/h4-7,12H,3,8-11,15H2,1-2H3. The van der Waals surface area contributed by atoms with Gasteiger partial charge in [0.2, 0.25) is 0 Å². The highest BCUT2D eigenvalue weighted by Crippen LogP contribution is 2.22. The van der Waals surface area contributed by atoms with Crippen molar-refractivity contribution in [1.29, 1.82) is 0 Å². The summed E-state index contributed by atoms with van der Waals surface area (Å²) in [6.45, 7) is 7.01. The maximum Gasteiger partial charge on any atom is 0.0320 e. The average Bonchev–Trinajstić information content (AvgIpc) is 2.54. The molecule has 1 aromatic carbocycles. The molecule has 0 bridgehead atoms. The lowest BCUT2D eigenvalue weighted by Gasteiger charge is -2.28. The molecule has 1 saturated heterocycles. The Balaban J connectivity index is 2.03. The first-order valence-corrected chi connectivity index (χ1v) is 6.45. The van der Waals surface area contributed by atoms with E-state index < -0.39 is 0 Å². The van der Waals surface area contributed by atoms with Crippen molar-refractivity contribution in [3.05, 3.63) is 29.8 Å². The monoisotopic (exact) mass is 233 g/mol. The molecule has 0 saturated carbocycles. The maximum atomic E-state index is 5.73. The predicted molar refractivity (Wildman–Crippen MR) is 73.0 cm³/mol. The number of rotatable bonds is 2. The highest BCUT2D eigenvalue weighted by Gasteiger charge is 2.18. The lowest BCUT2D eigenvalue weighted by Crippen LogP contribution is -2.31. The first-order chi connectivity index (χ1) is 8.16. The van der Waals surface area contributed by atoms with Crippen molar-refractivity contribution in [3.63, 3.8) is 0 Å². The summed E-state index contributed by atoms with van der Waals surface area (Å²) in [6.07, 6.45) is 1.26. The minimum Gasteiger partial charge on any atom is -0.399 e. The smallest absolute Gasteiger partial charge is 0.0320 e. The Morgan fingerprint density at radius 3 is 2.47 bits per heavy atom. The molecule has 1 aliphatic rings. The van der Waals surface area contributed by atoms with Gasteiger partial charge < -0.3 is 10.6 Å². The molecule has 94 valence electrons. The molecule has 0 aliphatic carbocycles. The van der Waals surface area contributed by atoms with Crippen LogP contribution in [0.4, 0.5) is 5.69 Å². The first kappa shape index (κ1) is 12.4. The summed E-state index contributed by atoms with van der Waals surface area (Å²) in [7, 11) is 2.21. The third-order valence-electron chi connectivity index (χ3n) is 3.72. The zero-order valence-electron chi connectivity index (χ0n) is 10.9. The molecule has 0 spiro atoms. The molecular weight excluding hydrogens is 210 g/mol. The molecule has 2 rings (SSSR count). The Morgan fingerprint density at radius 2 is 1.76 bits per heavy atom. The topological polar surface area (TPSA) is 32.5 Å². The molecule has 0 amide bonds. The molecule has 0 radical (unpaired) electrons. The van der Waals surface area contributed by atoms with Crippen molar-refractivity contribution in [2.45, 2.75) is 19.4 Å². The highest BCUT2D eigenvalue weighted by atomic mass is 15.2. The van der Waals surface area contributed by atoms with Crippen molar-refractivity contribution in [1.82, 2.24) is 9.80 Å². The minimum absolute atomic E-state index is 0.488. The van der Waals surface area contributed by atoms with Gasteiger partial charge in [0.05, 0.1) is 0 Å². The van der Waals surface area contributed by atoms with Crippen molar-refractivity contribution < 1.29 is 0 Å². The number of nitrogens with zero attached hydrogens (tertiary/aromatic N) is 2. The molecule has 3 heteroatoms. The molecule has 1 heterocycles. The number of hydrogen-bond acceptors (Lipinski definition) is 3. The number of nitrogens with two attached hydrogens (primary N) is 1. The summed E-state index contributed by atoms with van der Waals surface area (Å²) in [5, 5.41) is 0. The van der Waals surface area contributed by atoms with Gasteiger partial charge in [-0.15, -0.1) is 0 Å². The van der Waals surface area contributed by atoms with Crippen LogP contribution in [0.2, 0.25) is 0 Å². The zero-order chi connectivity index (χ0) is 12.3. The summed E-state index contributed by atoms with van der Waals surface area (Å²) >= 11 is 0. The zero-order valence-corrected chi connectivity index (χ0v) is 10.9. The van der Waals surface area contributed by atoms with E-state index in [1.807, 2.05) is 12.1 Å². The van der Waals surface area contributed by atoms with E-state index in [9.17, 15) is 0 Å². The van der Waals surface area contributed by atoms with Crippen molar-refractivity contribution in [3.8, 4) is 0 Å². The largest absolute Gasteiger partial charge is 0.399 e. The van der Waals surface area contributed by atoms with Gasteiger partial charge in [-0.2, -0.15) is 0 Å². The van der Waals surface area contributed by atoms with Gasteiger partial charge in [0, 0.05) is 31.4 Å².